The zero-order chi connectivity index (χ0) is 19.7. The Morgan fingerprint density at radius 3 is 2.36 bits per heavy atom. The lowest BCUT2D eigenvalue weighted by molar-refractivity contribution is -0.154. The first-order valence-electron chi connectivity index (χ1n) is 9.81. The van der Waals surface area contributed by atoms with Crippen LogP contribution in [0.1, 0.15) is 19.3 Å². The minimum atomic E-state index is -0.848. The Hall–Kier alpha value is -2.61. The molecule has 2 aliphatic heterocycles. The van der Waals surface area contributed by atoms with E-state index in [4.69, 9.17) is 5.21 Å². The van der Waals surface area contributed by atoms with E-state index >= 15 is 0 Å². The highest BCUT2D eigenvalue weighted by Crippen LogP contribution is 2.54. The van der Waals surface area contributed by atoms with Crippen molar-refractivity contribution in [3.05, 3.63) is 30.3 Å². The summed E-state index contributed by atoms with van der Waals surface area (Å²) in [6, 6.07) is 9.19. The number of hydrogen-bond acceptors (Lipinski definition) is 5. The SMILES string of the molecule is O=CN1CC2(CC2)C[C@H](C(=O)NO)[C@H]1C(=O)N1CCN(c2ccccc2)CC1. The van der Waals surface area contributed by atoms with Gasteiger partial charge in [0.1, 0.15) is 6.04 Å². The fourth-order valence-electron chi connectivity index (χ4n) is 4.65. The molecule has 1 spiro atoms. The number of carbonyl (C=O) groups excluding carboxylic acids is 3. The predicted octanol–water partition coefficient (Wildman–Crippen LogP) is 0.468. The van der Waals surface area contributed by atoms with E-state index in [1.807, 2.05) is 30.3 Å². The molecule has 8 heteroatoms. The van der Waals surface area contributed by atoms with Crippen molar-refractivity contribution in [2.75, 3.05) is 37.6 Å². The van der Waals surface area contributed by atoms with Crippen LogP contribution in [0.5, 0.6) is 0 Å². The second-order valence-electron chi connectivity index (χ2n) is 8.16. The first kappa shape index (κ1) is 18.7. The van der Waals surface area contributed by atoms with Gasteiger partial charge in [0.2, 0.25) is 18.2 Å². The average Bonchev–Trinajstić information content (AvgIpc) is 3.51. The molecule has 2 saturated heterocycles. The number of piperazine rings is 1. The van der Waals surface area contributed by atoms with Crippen molar-refractivity contribution in [3.63, 3.8) is 0 Å². The normalized spacial score (nSPS) is 26.1. The van der Waals surface area contributed by atoms with E-state index in [1.165, 1.54) is 4.90 Å². The van der Waals surface area contributed by atoms with E-state index in [1.54, 1.807) is 10.4 Å². The number of benzene rings is 1. The van der Waals surface area contributed by atoms with Crippen molar-refractivity contribution in [2.45, 2.75) is 25.3 Å². The third kappa shape index (κ3) is 3.44. The van der Waals surface area contributed by atoms with Crippen molar-refractivity contribution in [1.82, 2.24) is 15.3 Å². The summed E-state index contributed by atoms with van der Waals surface area (Å²) in [6.45, 7) is 2.98. The number of amides is 3. The molecule has 8 nitrogen and oxygen atoms in total. The quantitative estimate of drug-likeness (QED) is 0.446. The highest BCUT2D eigenvalue weighted by molar-refractivity contribution is 5.91. The maximum absolute atomic E-state index is 13.3. The molecule has 2 N–H and O–H groups in total. The first-order valence-corrected chi connectivity index (χ1v) is 9.81. The molecule has 0 bridgehead atoms. The number of piperidine rings is 1. The fourth-order valence-corrected chi connectivity index (χ4v) is 4.65. The molecule has 1 saturated carbocycles. The molecule has 3 amide bonds. The van der Waals surface area contributed by atoms with Gasteiger partial charge >= 0.3 is 0 Å². The van der Waals surface area contributed by atoms with Crippen LogP contribution < -0.4 is 10.4 Å². The zero-order valence-corrected chi connectivity index (χ0v) is 15.8. The lowest BCUT2D eigenvalue weighted by Crippen LogP contribution is -2.62. The number of hydroxylamine groups is 1. The number of para-hydroxylation sites is 1. The number of nitrogens with one attached hydrogen (secondary N) is 1. The van der Waals surface area contributed by atoms with E-state index in [0.717, 1.165) is 18.5 Å². The standard InChI is InChI=1S/C20H26N4O4/c25-14-24-13-20(6-7-20)12-16(18(26)21-28)17(24)19(27)23-10-8-22(9-11-23)15-4-2-1-3-5-15/h1-5,14,16-17,28H,6-13H2,(H,21,26)/t16-,17-/m0/s1. The van der Waals surface area contributed by atoms with Gasteiger partial charge in [-0.05, 0) is 36.8 Å². The van der Waals surface area contributed by atoms with Crippen LogP contribution in [-0.4, -0.2) is 72.0 Å². The van der Waals surface area contributed by atoms with Crippen LogP contribution >= 0.6 is 0 Å². The largest absolute Gasteiger partial charge is 0.368 e. The van der Waals surface area contributed by atoms with Gasteiger partial charge in [-0.3, -0.25) is 19.6 Å². The molecule has 28 heavy (non-hydrogen) atoms. The van der Waals surface area contributed by atoms with Crippen LogP contribution in [0.3, 0.4) is 0 Å². The van der Waals surface area contributed by atoms with Crippen LogP contribution in [0.2, 0.25) is 0 Å². The van der Waals surface area contributed by atoms with Gasteiger partial charge in [-0.25, -0.2) is 5.48 Å². The van der Waals surface area contributed by atoms with Gasteiger partial charge in [-0.1, -0.05) is 18.2 Å². The summed E-state index contributed by atoms with van der Waals surface area (Å²) in [5.74, 6) is -1.51. The van der Waals surface area contributed by atoms with Gasteiger partial charge in [-0.2, -0.15) is 0 Å². The van der Waals surface area contributed by atoms with Crippen LogP contribution in [-0.2, 0) is 14.4 Å². The van der Waals surface area contributed by atoms with Gasteiger partial charge in [-0.15, -0.1) is 0 Å². The second kappa shape index (κ2) is 7.43. The summed E-state index contributed by atoms with van der Waals surface area (Å²) in [6.07, 6.45) is 3.11. The van der Waals surface area contributed by atoms with Crippen LogP contribution in [0.4, 0.5) is 5.69 Å². The Labute approximate surface area is 164 Å². The molecule has 1 aliphatic carbocycles. The molecule has 3 aliphatic rings. The van der Waals surface area contributed by atoms with Crippen LogP contribution in [0, 0.1) is 11.3 Å². The molecule has 4 rings (SSSR count). The summed E-state index contributed by atoms with van der Waals surface area (Å²) >= 11 is 0. The minimum absolute atomic E-state index is 0.0686. The third-order valence-electron chi connectivity index (χ3n) is 6.41. The second-order valence-corrected chi connectivity index (χ2v) is 8.16. The minimum Gasteiger partial charge on any atom is -0.368 e. The Bertz CT molecular complexity index is 744. The number of carbonyl (C=O) groups is 3. The number of hydrogen-bond donors (Lipinski definition) is 2. The summed E-state index contributed by atoms with van der Waals surface area (Å²) in [7, 11) is 0. The fraction of sp³-hybridized carbons (Fsp3) is 0.550. The molecule has 0 radical (unpaired) electrons. The van der Waals surface area contributed by atoms with E-state index < -0.39 is 17.9 Å². The number of likely N-dealkylation sites (tertiary alicyclic amines) is 1. The monoisotopic (exact) mass is 386 g/mol. The molecule has 150 valence electrons. The maximum atomic E-state index is 13.3. The smallest absolute Gasteiger partial charge is 0.249 e. The number of rotatable bonds is 4. The summed E-state index contributed by atoms with van der Waals surface area (Å²) in [5, 5.41) is 9.17. The lowest BCUT2D eigenvalue weighted by atomic mass is 9.80. The van der Waals surface area contributed by atoms with Crippen molar-refractivity contribution < 1.29 is 19.6 Å². The summed E-state index contributed by atoms with van der Waals surface area (Å²) in [4.78, 5) is 42.7. The van der Waals surface area contributed by atoms with Gasteiger partial charge in [0.05, 0.1) is 5.92 Å². The molecule has 3 fully saturated rings. The van der Waals surface area contributed by atoms with Crippen molar-refractivity contribution in [3.8, 4) is 0 Å². The molecule has 2 heterocycles. The van der Waals surface area contributed by atoms with E-state index in [-0.39, 0.29) is 11.3 Å². The van der Waals surface area contributed by atoms with Gasteiger partial charge in [0, 0.05) is 38.4 Å². The zero-order valence-electron chi connectivity index (χ0n) is 15.8. The van der Waals surface area contributed by atoms with Crippen molar-refractivity contribution in [1.29, 1.82) is 0 Å². The van der Waals surface area contributed by atoms with Crippen molar-refractivity contribution >= 4 is 23.9 Å². The predicted molar refractivity (Wildman–Crippen MR) is 101 cm³/mol. The third-order valence-corrected chi connectivity index (χ3v) is 6.41. The average molecular weight is 386 g/mol. The molecule has 1 aromatic rings. The topological polar surface area (TPSA) is 93.2 Å². The molecule has 1 aromatic carbocycles. The first-order chi connectivity index (χ1) is 13.6. The molecular formula is C20H26N4O4. The van der Waals surface area contributed by atoms with Crippen molar-refractivity contribution in [2.24, 2.45) is 11.3 Å². The summed E-state index contributed by atoms with van der Waals surface area (Å²) in [5.41, 5.74) is 2.75. The Kier molecular flexibility index (Phi) is 4.97. The summed E-state index contributed by atoms with van der Waals surface area (Å²) < 4.78 is 0. The Morgan fingerprint density at radius 1 is 1.11 bits per heavy atom. The number of nitrogens with zero attached hydrogens (tertiary/aromatic N) is 3. The van der Waals surface area contributed by atoms with Crippen LogP contribution in [0.25, 0.3) is 0 Å². The molecule has 0 unspecified atom stereocenters. The highest BCUT2D eigenvalue weighted by atomic mass is 16.5. The van der Waals surface area contributed by atoms with Gasteiger partial charge in [0.25, 0.3) is 0 Å². The molecule has 2 atom stereocenters. The Morgan fingerprint density at radius 2 is 1.79 bits per heavy atom. The molecular weight excluding hydrogens is 360 g/mol. The van der Waals surface area contributed by atoms with Gasteiger partial charge < -0.3 is 14.7 Å². The molecule has 0 aromatic heterocycles. The lowest BCUT2D eigenvalue weighted by Gasteiger charge is -2.45. The van der Waals surface area contributed by atoms with E-state index in [9.17, 15) is 14.4 Å². The number of anilines is 1. The Balaban J connectivity index is 1.47. The van der Waals surface area contributed by atoms with Gasteiger partial charge in [0.15, 0.2) is 0 Å². The van der Waals surface area contributed by atoms with Crippen LogP contribution in [0.15, 0.2) is 30.3 Å². The van der Waals surface area contributed by atoms with E-state index in [0.29, 0.717) is 45.6 Å². The van der Waals surface area contributed by atoms with E-state index in [2.05, 4.69) is 4.90 Å². The highest BCUT2D eigenvalue weighted by Gasteiger charge is 2.55. The maximum Gasteiger partial charge on any atom is 0.249 e.